The van der Waals surface area contributed by atoms with Crippen molar-refractivity contribution in [3.63, 3.8) is 0 Å². The molecule has 0 aliphatic rings. The first-order valence-corrected chi connectivity index (χ1v) is 5.94. The van der Waals surface area contributed by atoms with Crippen LogP contribution in [0.2, 0.25) is 0 Å². The lowest BCUT2D eigenvalue weighted by Crippen LogP contribution is -2.22. The summed E-state index contributed by atoms with van der Waals surface area (Å²) in [5.41, 5.74) is 0.737. The fourth-order valence-corrected chi connectivity index (χ4v) is 1.30. The third-order valence-corrected chi connectivity index (χ3v) is 2.21. The van der Waals surface area contributed by atoms with Crippen LogP contribution in [0.15, 0.2) is 28.9 Å². The highest BCUT2D eigenvalue weighted by Gasteiger charge is 2.00. The predicted octanol–water partition coefficient (Wildman–Crippen LogP) is 1.62. The Morgan fingerprint density at radius 3 is 3.00 bits per heavy atom. The summed E-state index contributed by atoms with van der Waals surface area (Å²) in [7, 11) is 1.29. The number of alkyl carbamates (subject to hydrolysis) is 1. The molecule has 7 nitrogen and oxygen atoms in total. The second kappa shape index (κ2) is 8.52. The number of amides is 1. The SMILES string of the molecule is COC(=O)NC/C=C\c1nc(CC/C=C/C(=O)O)co1. The van der Waals surface area contributed by atoms with E-state index in [1.165, 1.54) is 13.4 Å². The number of oxazole rings is 1. The molecule has 1 heterocycles. The summed E-state index contributed by atoms with van der Waals surface area (Å²) in [6, 6.07) is 0. The van der Waals surface area contributed by atoms with Gasteiger partial charge in [0.25, 0.3) is 0 Å². The molecule has 0 aromatic carbocycles. The monoisotopic (exact) mass is 280 g/mol. The van der Waals surface area contributed by atoms with Crippen LogP contribution in [0.1, 0.15) is 18.0 Å². The molecule has 2 N–H and O–H groups in total. The second-order valence-electron chi connectivity index (χ2n) is 3.73. The van der Waals surface area contributed by atoms with Gasteiger partial charge < -0.3 is 19.6 Å². The van der Waals surface area contributed by atoms with E-state index in [4.69, 9.17) is 9.52 Å². The smallest absolute Gasteiger partial charge is 0.407 e. The zero-order valence-electron chi connectivity index (χ0n) is 11.0. The quantitative estimate of drug-likeness (QED) is 0.736. The highest BCUT2D eigenvalue weighted by molar-refractivity contribution is 5.79. The molecule has 1 aromatic rings. The average Bonchev–Trinajstić information content (AvgIpc) is 2.87. The van der Waals surface area contributed by atoms with Crippen LogP contribution in [-0.2, 0) is 16.0 Å². The van der Waals surface area contributed by atoms with Crippen molar-refractivity contribution in [1.29, 1.82) is 0 Å². The summed E-state index contributed by atoms with van der Waals surface area (Å²) >= 11 is 0. The van der Waals surface area contributed by atoms with Gasteiger partial charge in [0, 0.05) is 12.6 Å². The van der Waals surface area contributed by atoms with E-state index in [0.29, 0.717) is 25.3 Å². The van der Waals surface area contributed by atoms with E-state index in [1.54, 1.807) is 18.2 Å². The summed E-state index contributed by atoms with van der Waals surface area (Å²) in [6.07, 6.45) is 8.15. The highest BCUT2D eigenvalue weighted by Crippen LogP contribution is 2.06. The lowest BCUT2D eigenvalue weighted by atomic mass is 10.2. The number of ether oxygens (including phenoxy) is 1. The Balaban J connectivity index is 2.33. The first-order valence-electron chi connectivity index (χ1n) is 5.94. The van der Waals surface area contributed by atoms with Crippen LogP contribution in [0.4, 0.5) is 4.79 Å². The molecule has 108 valence electrons. The first kappa shape index (κ1) is 15.5. The third kappa shape index (κ3) is 6.39. The number of carboxylic acids is 1. The van der Waals surface area contributed by atoms with Gasteiger partial charge in [-0.3, -0.25) is 0 Å². The number of nitrogens with one attached hydrogen (secondary N) is 1. The Hall–Kier alpha value is -2.57. The van der Waals surface area contributed by atoms with Crippen molar-refractivity contribution in [2.24, 2.45) is 0 Å². The number of aryl methyl sites for hydroxylation is 1. The maximum absolute atomic E-state index is 10.8. The molecule has 0 aliphatic carbocycles. The number of carboxylic acid groups (broad SMARTS) is 1. The van der Waals surface area contributed by atoms with Gasteiger partial charge in [-0.25, -0.2) is 14.6 Å². The first-order chi connectivity index (χ1) is 9.61. The summed E-state index contributed by atoms with van der Waals surface area (Å²) < 4.78 is 9.60. The molecule has 0 saturated heterocycles. The maximum Gasteiger partial charge on any atom is 0.407 e. The van der Waals surface area contributed by atoms with Crippen LogP contribution in [0.25, 0.3) is 6.08 Å². The Morgan fingerprint density at radius 1 is 1.50 bits per heavy atom. The predicted molar refractivity (Wildman–Crippen MR) is 71.0 cm³/mol. The molecule has 0 bridgehead atoms. The van der Waals surface area contributed by atoms with Crippen molar-refractivity contribution in [1.82, 2.24) is 10.3 Å². The van der Waals surface area contributed by atoms with Crippen LogP contribution >= 0.6 is 0 Å². The van der Waals surface area contributed by atoms with Crippen molar-refractivity contribution in [3.05, 3.63) is 36.1 Å². The van der Waals surface area contributed by atoms with Crippen LogP contribution in [-0.4, -0.2) is 35.8 Å². The van der Waals surface area contributed by atoms with E-state index in [1.807, 2.05) is 0 Å². The molecule has 1 aromatic heterocycles. The molecule has 1 rings (SSSR count). The minimum Gasteiger partial charge on any atom is -0.478 e. The molecule has 0 atom stereocenters. The molecule has 0 radical (unpaired) electrons. The molecule has 0 unspecified atom stereocenters. The van der Waals surface area contributed by atoms with Crippen LogP contribution in [0.3, 0.4) is 0 Å². The number of rotatable bonds is 7. The van der Waals surface area contributed by atoms with Gasteiger partial charge in [-0.05, 0) is 18.9 Å². The van der Waals surface area contributed by atoms with E-state index in [9.17, 15) is 9.59 Å². The maximum atomic E-state index is 10.8. The summed E-state index contributed by atoms with van der Waals surface area (Å²) in [4.78, 5) is 25.2. The van der Waals surface area contributed by atoms with Crippen LogP contribution in [0.5, 0.6) is 0 Å². The summed E-state index contributed by atoms with van der Waals surface area (Å²) in [6.45, 7) is 0.311. The van der Waals surface area contributed by atoms with E-state index >= 15 is 0 Å². The summed E-state index contributed by atoms with van der Waals surface area (Å²) in [5, 5.41) is 10.9. The number of aromatic nitrogens is 1. The van der Waals surface area contributed by atoms with E-state index in [-0.39, 0.29) is 0 Å². The van der Waals surface area contributed by atoms with Crippen molar-refractivity contribution < 1.29 is 23.8 Å². The second-order valence-corrected chi connectivity index (χ2v) is 3.73. The topological polar surface area (TPSA) is 102 Å². The van der Waals surface area contributed by atoms with Gasteiger partial charge in [0.1, 0.15) is 6.26 Å². The number of hydrogen-bond acceptors (Lipinski definition) is 5. The van der Waals surface area contributed by atoms with Gasteiger partial charge >= 0.3 is 12.1 Å². The van der Waals surface area contributed by atoms with Crippen molar-refractivity contribution in [2.45, 2.75) is 12.8 Å². The highest BCUT2D eigenvalue weighted by atomic mass is 16.5. The van der Waals surface area contributed by atoms with Crippen molar-refractivity contribution in [2.75, 3.05) is 13.7 Å². The zero-order valence-corrected chi connectivity index (χ0v) is 11.0. The van der Waals surface area contributed by atoms with E-state index in [0.717, 1.165) is 11.8 Å². The molecule has 0 fully saturated rings. The largest absolute Gasteiger partial charge is 0.478 e. The van der Waals surface area contributed by atoms with Gasteiger partial charge in [0.05, 0.1) is 12.8 Å². The van der Waals surface area contributed by atoms with Gasteiger partial charge in [0.15, 0.2) is 0 Å². The lowest BCUT2D eigenvalue weighted by molar-refractivity contribution is -0.131. The van der Waals surface area contributed by atoms with Gasteiger partial charge in [-0.2, -0.15) is 0 Å². The van der Waals surface area contributed by atoms with Gasteiger partial charge in [-0.1, -0.05) is 12.2 Å². The Kier molecular flexibility index (Phi) is 6.60. The number of methoxy groups -OCH3 is 1. The Morgan fingerprint density at radius 2 is 2.30 bits per heavy atom. The van der Waals surface area contributed by atoms with Gasteiger partial charge in [-0.15, -0.1) is 0 Å². The van der Waals surface area contributed by atoms with E-state index < -0.39 is 12.1 Å². The van der Waals surface area contributed by atoms with E-state index in [2.05, 4.69) is 15.0 Å². The lowest BCUT2D eigenvalue weighted by Gasteiger charge is -1.97. The van der Waals surface area contributed by atoms with Crippen LogP contribution < -0.4 is 5.32 Å². The number of hydrogen-bond donors (Lipinski definition) is 2. The molecule has 0 saturated carbocycles. The fraction of sp³-hybridized carbons (Fsp3) is 0.308. The molecule has 1 amide bonds. The summed E-state index contributed by atoms with van der Waals surface area (Å²) in [5.74, 6) is -0.541. The number of aliphatic carboxylic acids is 1. The molecule has 20 heavy (non-hydrogen) atoms. The van der Waals surface area contributed by atoms with Gasteiger partial charge in [0.2, 0.25) is 5.89 Å². The fourth-order valence-electron chi connectivity index (χ4n) is 1.30. The number of nitrogens with zero attached hydrogens (tertiary/aromatic N) is 1. The Labute approximate surface area is 115 Å². The van der Waals surface area contributed by atoms with Crippen LogP contribution in [0, 0.1) is 0 Å². The molecular formula is C13H16N2O5. The van der Waals surface area contributed by atoms with Crippen molar-refractivity contribution in [3.8, 4) is 0 Å². The molecule has 0 spiro atoms. The standard InChI is InChI=1S/C13H16N2O5/c1-19-13(18)14-8-4-6-11-15-10(9-20-11)5-2-3-7-12(16)17/h3-4,6-7,9H,2,5,8H2,1H3,(H,14,18)(H,16,17)/b6-4-,7-3+. The van der Waals surface area contributed by atoms with Crippen molar-refractivity contribution >= 4 is 18.1 Å². The minimum atomic E-state index is -0.966. The molecular weight excluding hydrogens is 264 g/mol. The zero-order chi connectivity index (χ0) is 14.8. The number of allylic oxidation sites excluding steroid dienone is 1. The Bertz CT molecular complexity index is 505. The third-order valence-electron chi connectivity index (χ3n) is 2.21. The minimum absolute atomic E-state index is 0.311. The number of carbonyl (C=O) groups is 2. The average molecular weight is 280 g/mol. The number of carbonyl (C=O) groups excluding carboxylic acids is 1. The normalized spacial score (nSPS) is 11.1. The molecule has 0 aliphatic heterocycles. The molecule has 7 heteroatoms.